The summed E-state index contributed by atoms with van der Waals surface area (Å²) in [5.41, 5.74) is 5.55. The predicted molar refractivity (Wildman–Crippen MR) is 96.0 cm³/mol. The maximum absolute atomic E-state index is 12.9. The first-order valence-electron chi connectivity index (χ1n) is 7.96. The van der Waals surface area contributed by atoms with E-state index < -0.39 is 0 Å². The zero-order chi connectivity index (χ0) is 16.1. The Kier molecular flexibility index (Phi) is 2.68. The van der Waals surface area contributed by atoms with Gasteiger partial charge in [0.25, 0.3) is 0 Å². The Morgan fingerprint density at radius 2 is 1.33 bits per heavy atom. The van der Waals surface area contributed by atoms with Crippen LogP contribution in [-0.4, -0.2) is 10.8 Å². The number of hydrogen-bond acceptors (Lipinski definition) is 2. The molecule has 0 saturated carbocycles. The molecule has 0 atom stereocenters. The Hall–Kier alpha value is -3.26. The summed E-state index contributed by atoms with van der Waals surface area (Å²) in [6, 6.07) is 24.1. The molecule has 0 amide bonds. The van der Waals surface area contributed by atoms with Gasteiger partial charge in [-0.3, -0.25) is 9.78 Å². The Morgan fingerprint density at radius 3 is 2.17 bits per heavy atom. The molecule has 1 aliphatic rings. The van der Waals surface area contributed by atoms with Crippen molar-refractivity contribution in [2.45, 2.75) is 0 Å². The van der Waals surface area contributed by atoms with Crippen molar-refractivity contribution in [1.82, 2.24) is 4.98 Å². The number of benzene rings is 3. The van der Waals surface area contributed by atoms with Crippen LogP contribution in [0, 0.1) is 0 Å². The monoisotopic (exact) mass is 307 g/mol. The molecule has 0 spiro atoms. The second kappa shape index (κ2) is 4.87. The van der Waals surface area contributed by atoms with Crippen LogP contribution in [0.2, 0.25) is 0 Å². The third-order valence-corrected chi connectivity index (χ3v) is 4.67. The van der Waals surface area contributed by atoms with Gasteiger partial charge in [-0.05, 0) is 11.1 Å². The summed E-state index contributed by atoms with van der Waals surface area (Å²) in [5, 5.41) is 2.04. The van der Waals surface area contributed by atoms with Crippen LogP contribution in [0.1, 0.15) is 15.9 Å². The lowest BCUT2D eigenvalue weighted by molar-refractivity contribution is 0.104. The Balaban J connectivity index is 1.93. The summed E-state index contributed by atoms with van der Waals surface area (Å²) in [6.07, 6.45) is 1.73. The van der Waals surface area contributed by atoms with Gasteiger partial charge in [0.15, 0.2) is 5.78 Å². The fourth-order valence-corrected chi connectivity index (χ4v) is 3.59. The molecular weight excluding hydrogens is 294 g/mol. The number of carbonyl (C=O) groups is 1. The van der Waals surface area contributed by atoms with Gasteiger partial charge >= 0.3 is 0 Å². The van der Waals surface area contributed by atoms with Crippen molar-refractivity contribution in [2.75, 3.05) is 0 Å². The maximum Gasteiger partial charge on any atom is 0.195 e. The van der Waals surface area contributed by atoms with Gasteiger partial charge in [0.2, 0.25) is 0 Å². The molecule has 0 fully saturated rings. The van der Waals surface area contributed by atoms with Gasteiger partial charge in [0.05, 0.1) is 5.69 Å². The van der Waals surface area contributed by atoms with Gasteiger partial charge in [-0.2, -0.15) is 0 Å². The second-order valence-corrected chi connectivity index (χ2v) is 5.99. The van der Waals surface area contributed by atoms with Gasteiger partial charge in [-0.25, -0.2) is 0 Å². The SMILES string of the molecule is O=C1c2ccccc2-c2cccc3c(-c4ccccc4)ncc1c23. The van der Waals surface area contributed by atoms with E-state index in [1.54, 1.807) is 6.20 Å². The third kappa shape index (κ3) is 1.71. The first kappa shape index (κ1) is 13.2. The molecule has 24 heavy (non-hydrogen) atoms. The number of pyridine rings is 1. The van der Waals surface area contributed by atoms with E-state index in [4.69, 9.17) is 0 Å². The van der Waals surface area contributed by atoms with Crippen LogP contribution in [0.25, 0.3) is 33.2 Å². The minimum absolute atomic E-state index is 0.0569. The number of nitrogens with zero attached hydrogens (tertiary/aromatic N) is 1. The molecule has 0 radical (unpaired) electrons. The molecule has 4 aromatic rings. The molecule has 2 heteroatoms. The average Bonchev–Trinajstić information content (AvgIpc) is 2.66. The summed E-state index contributed by atoms with van der Waals surface area (Å²) in [6.45, 7) is 0. The largest absolute Gasteiger partial charge is 0.289 e. The zero-order valence-electron chi connectivity index (χ0n) is 12.9. The minimum Gasteiger partial charge on any atom is -0.289 e. The number of rotatable bonds is 1. The normalized spacial score (nSPS) is 12.2. The Morgan fingerprint density at radius 1 is 0.625 bits per heavy atom. The van der Waals surface area contributed by atoms with E-state index in [-0.39, 0.29) is 5.78 Å². The second-order valence-electron chi connectivity index (χ2n) is 5.99. The van der Waals surface area contributed by atoms with Crippen LogP contribution < -0.4 is 0 Å². The van der Waals surface area contributed by atoms with E-state index >= 15 is 0 Å². The van der Waals surface area contributed by atoms with Gasteiger partial charge in [-0.1, -0.05) is 72.8 Å². The standard InChI is InChI=1S/C22H13NO/c24-22-17-10-5-4-9-15(17)16-11-6-12-18-20(16)19(22)13-23-21(18)14-7-2-1-3-8-14/h1-13H. The van der Waals surface area contributed by atoms with Gasteiger partial charge in [-0.15, -0.1) is 0 Å². The highest BCUT2D eigenvalue weighted by Gasteiger charge is 2.26. The van der Waals surface area contributed by atoms with E-state index in [9.17, 15) is 4.79 Å². The number of aromatic nitrogens is 1. The summed E-state index contributed by atoms with van der Waals surface area (Å²) < 4.78 is 0. The quantitative estimate of drug-likeness (QED) is 0.430. The summed E-state index contributed by atoms with van der Waals surface area (Å²) in [5.74, 6) is 0.0569. The molecule has 5 rings (SSSR count). The molecule has 0 N–H and O–H groups in total. The number of fused-ring (bicyclic) bond motifs is 2. The first-order valence-corrected chi connectivity index (χ1v) is 7.96. The van der Waals surface area contributed by atoms with Crippen molar-refractivity contribution < 1.29 is 4.79 Å². The highest BCUT2D eigenvalue weighted by molar-refractivity contribution is 6.26. The van der Waals surface area contributed by atoms with Crippen molar-refractivity contribution in [1.29, 1.82) is 0 Å². The van der Waals surface area contributed by atoms with E-state index in [1.165, 1.54) is 0 Å². The molecule has 0 unspecified atom stereocenters. The number of hydrogen-bond donors (Lipinski definition) is 0. The maximum atomic E-state index is 12.9. The number of ketones is 1. The molecule has 112 valence electrons. The van der Waals surface area contributed by atoms with Crippen molar-refractivity contribution in [2.24, 2.45) is 0 Å². The lowest BCUT2D eigenvalue weighted by Gasteiger charge is -2.20. The highest BCUT2D eigenvalue weighted by atomic mass is 16.1. The van der Waals surface area contributed by atoms with Gasteiger partial charge in [0.1, 0.15) is 0 Å². The summed E-state index contributed by atoms with van der Waals surface area (Å²) in [7, 11) is 0. The van der Waals surface area contributed by atoms with E-state index in [2.05, 4.69) is 29.2 Å². The van der Waals surface area contributed by atoms with Crippen molar-refractivity contribution >= 4 is 16.6 Å². The zero-order valence-corrected chi connectivity index (χ0v) is 12.9. The summed E-state index contributed by atoms with van der Waals surface area (Å²) in [4.78, 5) is 17.5. The fraction of sp³-hybridized carbons (Fsp3) is 0. The average molecular weight is 307 g/mol. The van der Waals surface area contributed by atoms with Gasteiger partial charge < -0.3 is 0 Å². The molecule has 0 bridgehead atoms. The van der Waals surface area contributed by atoms with Crippen LogP contribution in [0.15, 0.2) is 79.0 Å². The van der Waals surface area contributed by atoms with Gasteiger partial charge in [0, 0.05) is 33.7 Å². The molecule has 1 aromatic heterocycles. The van der Waals surface area contributed by atoms with Crippen molar-refractivity contribution in [3.63, 3.8) is 0 Å². The molecular formula is C22H13NO. The molecule has 3 aromatic carbocycles. The van der Waals surface area contributed by atoms with Crippen LogP contribution in [0.4, 0.5) is 0 Å². The third-order valence-electron chi connectivity index (χ3n) is 4.67. The summed E-state index contributed by atoms with van der Waals surface area (Å²) >= 11 is 0. The molecule has 1 heterocycles. The van der Waals surface area contributed by atoms with Crippen LogP contribution in [-0.2, 0) is 0 Å². The lowest BCUT2D eigenvalue weighted by atomic mass is 9.83. The van der Waals surface area contributed by atoms with Crippen LogP contribution in [0.5, 0.6) is 0 Å². The van der Waals surface area contributed by atoms with Crippen molar-refractivity contribution in [3.05, 3.63) is 90.1 Å². The van der Waals surface area contributed by atoms with Crippen LogP contribution in [0.3, 0.4) is 0 Å². The van der Waals surface area contributed by atoms with Crippen LogP contribution >= 0.6 is 0 Å². The highest BCUT2D eigenvalue weighted by Crippen LogP contribution is 2.41. The van der Waals surface area contributed by atoms with E-state index in [0.717, 1.165) is 38.7 Å². The fourth-order valence-electron chi connectivity index (χ4n) is 3.59. The van der Waals surface area contributed by atoms with E-state index in [0.29, 0.717) is 5.56 Å². The predicted octanol–water partition coefficient (Wildman–Crippen LogP) is 5.11. The topological polar surface area (TPSA) is 30.0 Å². The molecule has 0 aliphatic heterocycles. The van der Waals surface area contributed by atoms with Crippen molar-refractivity contribution in [3.8, 4) is 22.4 Å². The Bertz CT molecular complexity index is 1110. The smallest absolute Gasteiger partial charge is 0.195 e. The Labute approximate surface area is 139 Å². The molecule has 0 saturated heterocycles. The van der Waals surface area contributed by atoms with E-state index in [1.807, 2.05) is 48.5 Å². The molecule has 1 aliphatic carbocycles. The first-order chi connectivity index (χ1) is 11.8. The lowest BCUT2D eigenvalue weighted by Crippen LogP contribution is -2.10. The molecule has 2 nitrogen and oxygen atoms in total. The number of carbonyl (C=O) groups excluding carboxylic acids is 1. The minimum atomic E-state index is 0.0569.